The van der Waals surface area contributed by atoms with Crippen LogP contribution in [0.5, 0.6) is 0 Å². The van der Waals surface area contributed by atoms with Gasteiger partial charge in [-0.15, -0.1) is 0 Å². The lowest BCUT2D eigenvalue weighted by atomic mass is 9.74. The SMILES string of the molecule is Cc1cncc(NC(=O)C2CCCCC2(C)N)c1. The predicted molar refractivity (Wildman–Crippen MR) is 72.2 cm³/mol. The van der Waals surface area contributed by atoms with Gasteiger partial charge in [0.25, 0.3) is 0 Å². The Kier molecular flexibility index (Phi) is 3.66. The summed E-state index contributed by atoms with van der Waals surface area (Å²) in [5, 5.41) is 2.93. The molecule has 4 heteroatoms. The molecule has 0 aliphatic heterocycles. The van der Waals surface area contributed by atoms with E-state index in [-0.39, 0.29) is 17.4 Å². The van der Waals surface area contributed by atoms with Crippen LogP contribution in [0.3, 0.4) is 0 Å². The minimum absolute atomic E-state index is 0.0205. The van der Waals surface area contributed by atoms with Crippen LogP contribution in [0, 0.1) is 12.8 Å². The zero-order chi connectivity index (χ0) is 13.2. The maximum atomic E-state index is 12.3. The lowest BCUT2D eigenvalue weighted by Gasteiger charge is -2.37. The number of pyridine rings is 1. The van der Waals surface area contributed by atoms with E-state index in [0.29, 0.717) is 0 Å². The van der Waals surface area contributed by atoms with Crippen molar-refractivity contribution in [3.05, 3.63) is 24.0 Å². The summed E-state index contributed by atoms with van der Waals surface area (Å²) in [4.78, 5) is 16.3. The first-order chi connectivity index (χ1) is 8.49. The van der Waals surface area contributed by atoms with Crippen LogP contribution >= 0.6 is 0 Å². The van der Waals surface area contributed by atoms with Crippen LogP contribution < -0.4 is 11.1 Å². The average Bonchev–Trinajstić information content (AvgIpc) is 2.28. The molecule has 98 valence electrons. The molecule has 4 nitrogen and oxygen atoms in total. The number of carbonyl (C=O) groups excluding carboxylic acids is 1. The lowest BCUT2D eigenvalue weighted by molar-refractivity contribution is -0.122. The van der Waals surface area contributed by atoms with Crippen molar-refractivity contribution < 1.29 is 4.79 Å². The number of rotatable bonds is 2. The largest absolute Gasteiger partial charge is 0.325 e. The van der Waals surface area contributed by atoms with Crippen LogP contribution in [0.4, 0.5) is 5.69 Å². The van der Waals surface area contributed by atoms with Gasteiger partial charge in [-0.25, -0.2) is 0 Å². The van der Waals surface area contributed by atoms with Gasteiger partial charge in [-0.1, -0.05) is 12.8 Å². The average molecular weight is 247 g/mol. The number of amides is 1. The van der Waals surface area contributed by atoms with E-state index in [2.05, 4.69) is 10.3 Å². The predicted octanol–water partition coefficient (Wildman–Crippen LogP) is 2.24. The second-order valence-electron chi connectivity index (χ2n) is 5.54. The first-order valence-electron chi connectivity index (χ1n) is 6.50. The normalized spacial score (nSPS) is 27.8. The number of aromatic nitrogens is 1. The zero-order valence-electron chi connectivity index (χ0n) is 11.1. The molecule has 0 bridgehead atoms. The maximum Gasteiger partial charge on any atom is 0.229 e. The molecule has 1 aromatic rings. The first kappa shape index (κ1) is 13.0. The van der Waals surface area contributed by atoms with E-state index in [9.17, 15) is 4.79 Å². The molecule has 1 aromatic heterocycles. The van der Waals surface area contributed by atoms with Crippen LogP contribution in [0.15, 0.2) is 18.5 Å². The number of carbonyl (C=O) groups is 1. The van der Waals surface area contributed by atoms with Gasteiger partial charge in [0.15, 0.2) is 0 Å². The smallest absolute Gasteiger partial charge is 0.229 e. The van der Waals surface area contributed by atoms with Crippen molar-refractivity contribution in [3.8, 4) is 0 Å². The Bertz CT molecular complexity index is 442. The number of hydrogen-bond acceptors (Lipinski definition) is 3. The standard InChI is InChI=1S/C14H21N3O/c1-10-7-11(9-16-8-10)17-13(18)12-5-3-4-6-14(12,2)15/h7-9,12H,3-6,15H2,1-2H3,(H,17,18). The molecule has 0 spiro atoms. The van der Waals surface area contributed by atoms with Crippen LogP contribution in [-0.4, -0.2) is 16.4 Å². The van der Waals surface area contributed by atoms with Gasteiger partial charge in [-0.3, -0.25) is 9.78 Å². The number of nitrogens with two attached hydrogens (primary N) is 1. The molecule has 2 atom stereocenters. The van der Waals surface area contributed by atoms with Crippen molar-refractivity contribution in [1.29, 1.82) is 0 Å². The summed E-state index contributed by atoms with van der Waals surface area (Å²) in [5.41, 5.74) is 7.63. The number of nitrogens with zero attached hydrogens (tertiary/aromatic N) is 1. The third kappa shape index (κ3) is 2.88. The Hall–Kier alpha value is -1.42. The fraction of sp³-hybridized carbons (Fsp3) is 0.571. The Labute approximate surface area is 108 Å². The highest BCUT2D eigenvalue weighted by molar-refractivity contribution is 5.93. The summed E-state index contributed by atoms with van der Waals surface area (Å²) in [6.45, 7) is 3.93. The molecule has 2 unspecified atom stereocenters. The molecule has 1 amide bonds. The summed E-state index contributed by atoms with van der Waals surface area (Å²) in [5.74, 6) is -0.0844. The van der Waals surface area contributed by atoms with Gasteiger partial charge >= 0.3 is 0 Å². The second kappa shape index (κ2) is 5.06. The van der Waals surface area contributed by atoms with Crippen molar-refractivity contribution in [2.45, 2.75) is 45.1 Å². The van der Waals surface area contributed by atoms with Crippen molar-refractivity contribution in [1.82, 2.24) is 4.98 Å². The Morgan fingerprint density at radius 1 is 1.50 bits per heavy atom. The minimum atomic E-state index is -0.389. The molecular weight excluding hydrogens is 226 g/mol. The minimum Gasteiger partial charge on any atom is -0.325 e. The molecule has 18 heavy (non-hydrogen) atoms. The van der Waals surface area contributed by atoms with E-state index in [1.165, 1.54) is 0 Å². The monoisotopic (exact) mass is 247 g/mol. The third-order valence-corrected chi connectivity index (χ3v) is 3.71. The molecule has 2 rings (SSSR count). The Morgan fingerprint density at radius 2 is 2.28 bits per heavy atom. The first-order valence-corrected chi connectivity index (χ1v) is 6.50. The highest BCUT2D eigenvalue weighted by Gasteiger charge is 2.37. The van der Waals surface area contributed by atoms with Gasteiger partial charge in [0, 0.05) is 11.7 Å². The number of anilines is 1. The van der Waals surface area contributed by atoms with Gasteiger partial charge < -0.3 is 11.1 Å². The lowest BCUT2D eigenvalue weighted by Crippen LogP contribution is -2.51. The van der Waals surface area contributed by atoms with E-state index in [1.54, 1.807) is 12.4 Å². The van der Waals surface area contributed by atoms with Crippen molar-refractivity contribution in [2.24, 2.45) is 11.7 Å². The van der Waals surface area contributed by atoms with Gasteiger partial charge in [0.2, 0.25) is 5.91 Å². The Morgan fingerprint density at radius 3 is 2.94 bits per heavy atom. The second-order valence-corrected chi connectivity index (χ2v) is 5.54. The quantitative estimate of drug-likeness (QED) is 0.842. The number of aryl methyl sites for hydroxylation is 1. The molecule has 1 saturated carbocycles. The van der Waals surface area contributed by atoms with Gasteiger partial charge in [-0.05, 0) is 38.3 Å². The molecule has 1 fully saturated rings. The van der Waals surface area contributed by atoms with Gasteiger partial charge in [0.1, 0.15) is 0 Å². The topological polar surface area (TPSA) is 68.0 Å². The maximum absolute atomic E-state index is 12.3. The van der Waals surface area contributed by atoms with E-state index < -0.39 is 0 Å². The van der Waals surface area contributed by atoms with Crippen LogP contribution in [0.1, 0.15) is 38.2 Å². The molecule has 0 radical (unpaired) electrons. The molecule has 0 aromatic carbocycles. The van der Waals surface area contributed by atoms with E-state index in [0.717, 1.165) is 36.9 Å². The summed E-state index contributed by atoms with van der Waals surface area (Å²) in [7, 11) is 0. The highest BCUT2D eigenvalue weighted by atomic mass is 16.1. The van der Waals surface area contributed by atoms with Crippen LogP contribution in [-0.2, 0) is 4.79 Å². The molecule has 1 aliphatic rings. The summed E-state index contributed by atoms with van der Waals surface area (Å²) in [6, 6.07) is 1.92. The summed E-state index contributed by atoms with van der Waals surface area (Å²) in [6.07, 6.45) is 7.42. The van der Waals surface area contributed by atoms with Gasteiger partial charge in [0.05, 0.1) is 17.8 Å². The van der Waals surface area contributed by atoms with Crippen molar-refractivity contribution >= 4 is 11.6 Å². The summed E-state index contributed by atoms with van der Waals surface area (Å²) >= 11 is 0. The fourth-order valence-corrected chi connectivity index (χ4v) is 2.64. The van der Waals surface area contributed by atoms with Crippen LogP contribution in [0.2, 0.25) is 0 Å². The molecule has 3 N–H and O–H groups in total. The van der Waals surface area contributed by atoms with E-state index >= 15 is 0 Å². The molecular formula is C14H21N3O. The van der Waals surface area contributed by atoms with E-state index in [4.69, 9.17) is 5.73 Å². The van der Waals surface area contributed by atoms with Crippen molar-refractivity contribution in [2.75, 3.05) is 5.32 Å². The number of nitrogens with one attached hydrogen (secondary N) is 1. The third-order valence-electron chi connectivity index (χ3n) is 3.71. The highest BCUT2D eigenvalue weighted by Crippen LogP contribution is 2.32. The molecule has 0 saturated heterocycles. The van der Waals surface area contributed by atoms with E-state index in [1.807, 2.05) is 19.9 Å². The van der Waals surface area contributed by atoms with Crippen molar-refractivity contribution in [3.63, 3.8) is 0 Å². The van der Waals surface area contributed by atoms with Gasteiger partial charge in [-0.2, -0.15) is 0 Å². The summed E-state index contributed by atoms with van der Waals surface area (Å²) < 4.78 is 0. The fourth-order valence-electron chi connectivity index (χ4n) is 2.64. The zero-order valence-corrected chi connectivity index (χ0v) is 11.1. The molecule has 1 aliphatic carbocycles. The Balaban J connectivity index is 2.07. The molecule has 1 heterocycles. The van der Waals surface area contributed by atoms with Crippen LogP contribution in [0.25, 0.3) is 0 Å². The number of hydrogen-bond donors (Lipinski definition) is 2.